The highest BCUT2D eigenvalue weighted by atomic mass is 79.9. The molecule has 1 amide bonds. The molecule has 4 heterocycles. The lowest BCUT2D eigenvalue weighted by Gasteiger charge is -2.37. The first-order valence-corrected chi connectivity index (χ1v) is 15.4. The summed E-state index contributed by atoms with van der Waals surface area (Å²) in [6, 6.07) is 7.97. The molecular weight excluding hydrogens is 556 g/mol. The maximum atomic E-state index is 14.0. The number of hydrogen-bond acceptors (Lipinski definition) is 6. The molecule has 0 bridgehead atoms. The molecule has 2 aromatic heterocycles. The van der Waals surface area contributed by atoms with Crippen molar-refractivity contribution in [2.75, 3.05) is 30.8 Å². The van der Waals surface area contributed by atoms with Crippen molar-refractivity contribution in [1.29, 1.82) is 0 Å². The zero-order valence-electron chi connectivity index (χ0n) is 21.4. The normalized spacial score (nSPS) is 21.5. The first-order valence-electron chi connectivity index (χ1n) is 12.7. The molecule has 0 saturated carbocycles. The number of likely N-dealkylation sites (tertiary alicyclic amines) is 1. The Morgan fingerprint density at radius 1 is 1.19 bits per heavy atom. The number of halogens is 1. The lowest BCUT2D eigenvalue weighted by atomic mass is 9.97. The Balaban J connectivity index is 1.49. The number of benzene rings is 1. The number of aromatic nitrogens is 3. The number of imidazole rings is 1. The number of rotatable bonds is 6. The average molecular weight is 590 g/mol. The van der Waals surface area contributed by atoms with Crippen LogP contribution in [0.4, 0.5) is 5.82 Å². The Kier molecular flexibility index (Phi) is 7.30. The number of amides is 1. The molecule has 2 fully saturated rings. The van der Waals surface area contributed by atoms with Gasteiger partial charge in [-0.15, -0.1) is 5.10 Å². The number of nitrogens with one attached hydrogen (secondary N) is 1. The summed E-state index contributed by atoms with van der Waals surface area (Å²) in [5.74, 6) is 1.34. The van der Waals surface area contributed by atoms with E-state index < -0.39 is 16.1 Å². The van der Waals surface area contributed by atoms with Crippen molar-refractivity contribution in [2.45, 2.75) is 51.6 Å². The second-order valence-corrected chi connectivity index (χ2v) is 13.0. The smallest absolute Gasteiger partial charge is 0.245 e. The number of nitrogens with zero attached hydrogens (tertiary/aromatic N) is 5. The van der Waals surface area contributed by atoms with Crippen LogP contribution in [0.2, 0.25) is 0 Å². The van der Waals surface area contributed by atoms with Crippen LogP contribution in [0, 0.1) is 12.8 Å². The SMILES string of the molecule is Cc1cc2nc([C@@H]3CCCCN3C(=O)C(NS(C)(=O)=O)c3ccccc3Br)cn2nc1N1CC[C@H](C)C1. The number of hydrogen-bond donors (Lipinski definition) is 1. The van der Waals surface area contributed by atoms with Gasteiger partial charge in [-0.1, -0.05) is 41.1 Å². The van der Waals surface area contributed by atoms with Gasteiger partial charge in [-0.05, 0) is 61.8 Å². The van der Waals surface area contributed by atoms with Crippen LogP contribution in [-0.2, 0) is 14.8 Å². The van der Waals surface area contributed by atoms with Crippen molar-refractivity contribution in [3.63, 3.8) is 0 Å². The van der Waals surface area contributed by atoms with E-state index in [0.717, 1.165) is 67.8 Å². The zero-order valence-corrected chi connectivity index (χ0v) is 23.8. The number of sulfonamides is 1. The second-order valence-electron chi connectivity index (χ2n) is 10.3. The zero-order chi connectivity index (χ0) is 26.3. The molecule has 3 aromatic rings. The summed E-state index contributed by atoms with van der Waals surface area (Å²) in [7, 11) is -3.65. The fourth-order valence-corrected chi connectivity index (χ4v) is 6.63. The average Bonchev–Trinajstić information content (AvgIpc) is 3.47. The molecule has 11 heteroatoms. The molecule has 1 N–H and O–H groups in total. The minimum atomic E-state index is -3.65. The minimum Gasteiger partial charge on any atom is -0.355 e. The van der Waals surface area contributed by atoms with Crippen molar-refractivity contribution < 1.29 is 13.2 Å². The quantitative estimate of drug-likeness (QED) is 0.467. The van der Waals surface area contributed by atoms with E-state index in [-0.39, 0.29) is 11.9 Å². The van der Waals surface area contributed by atoms with Crippen LogP contribution in [-0.4, -0.2) is 59.7 Å². The van der Waals surface area contributed by atoms with Gasteiger partial charge in [0.15, 0.2) is 11.5 Å². The van der Waals surface area contributed by atoms with E-state index in [1.807, 2.05) is 22.8 Å². The van der Waals surface area contributed by atoms with Crippen LogP contribution < -0.4 is 9.62 Å². The monoisotopic (exact) mass is 588 g/mol. The number of fused-ring (bicyclic) bond motifs is 1. The number of carbonyl (C=O) groups excluding carboxylic acids is 1. The van der Waals surface area contributed by atoms with Crippen LogP contribution in [0.3, 0.4) is 0 Å². The molecule has 2 aliphatic rings. The minimum absolute atomic E-state index is 0.259. The largest absolute Gasteiger partial charge is 0.355 e. The van der Waals surface area contributed by atoms with Gasteiger partial charge in [-0.2, -0.15) is 4.72 Å². The van der Waals surface area contributed by atoms with Crippen molar-refractivity contribution >= 4 is 43.3 Å². The molecule has 0 spiro atoms. The maximum Gasteiger partial charge on any atom is 0.245 e. The Morgan fingerprint density at radius 2 is 1.97 bits per heavy atom. The van der Waals surface area contributed by atoms with Crippen LogP contribution in [0.15, 0.2) is 41.0 Å². The summed E-state index contributed by atoms with van der Waals surface area (Å²) in [4.78, 5) is 22.9. The van der Waals surface area contributed by atoms with Gasteiger partial charge in [0.25, 0.3) is 0 Å². The third-order valence-electron chi connectivity index (χ3n) is 7.28. The van der Waals surface area contributed by atoms with Gasteiger partial charge in [-0.25, -0.2) is 17.9 Å². The number of piperidine rings is 1. The predicted octanol–water partition coefficient (Wildman–Crippen LogP) is 3.99. The first-order chi connectivity index (χ1) is 17.6. The maximum absolute atomic E-state index is 14.0. The summed E-state index contributed by atoms with van der Waals surface area (Å²) < 4.78 is 29.6. The van der Waals surface area contributed by atoms with Gasteiger partial charge in [0, 0.05) is 24.1 Å². The molecule has 2 saturated heterocycles. The van der Waals surface area contributed by atoms with Gasteiger partial charge in [-0.3, -0.25) is 4.79 Å². The van der Waals surface area contributed by atoms with E-state index in [4.69, 9.17) is 10.1 Å². The Morgan fingerprint density at radius 3 is 2.68 bits per heavy atom. The van der Waals surface area contributed by atoms with Crippen molar-refractivity contribution in [2.24, 2.45) is 5.92 Å². The van der Waals surface area contributed by atoms with Crippen LogP contribution in [0.25, 0.3) is 5.65 Å². The first kappa shape index (κ1) is 26.1. The Hall–Kier alpha value is -2.50. The number of aryl methyl sites for hydroxylation is 1. The fraction of sp³-hybridized carbons (Fsp3) is 0.500. The molecule has 5 rings (SSSR count). The predicted molar refractivity (Wildman–Crippen MR) is 147 cm³/mol. The van der Waals surface area contributed by atoms with Crippen LogP contribution >= 0.6 is 15.9 Å². The lowest BCUT2D eigenvalue weighted by molar-refractivity contribution is -0.137. The molecule has 0 radical (unpaired) electrons. The third kappa shape index (κ3) is 5.53. The summed E-state index contributed by atoms with van der Waals surface area (Å²) in [5, 5.41) is 4.90. The molecule has 0 aliphatic carbocycles. The highest BCUT2D eigenvalue weighted by Gasteiger charge is 2.36. The Labute approximate surface area is 226 Å². The molecule has 37 heavy (non-hydrogen) atoms. The van der Waals surface area contributed by atoms with Gasteiger partial charge in [0.05, 0.1) is 24.2 Å². The summed E-state index contributed by atoms with van der Waals surface area (Å²) in [6.07, 6.45) is 6.73. The lowest BCUT2D eigenvalue weighted by Crippen LogP contribution is -2.46. The van der Waals surface area contributed by atoms with Gasteiger partial charge < -0.3 is 9.80 Å². The van der Waals surface area contributed by atoms with Crippen molar-refractivity contribution in [3.8, 4) is 0 Å². The van der Waals surface area contributed by atoms with E-state index in [9.17, 15) is 13.2 Å². The Bertz CT molecular complexity index is 1420. The van der Waals surface area contributed by atoms with E-state index in [0.29, 0.717) is 22.5 Å². The summed E-state index contributed by atoms with van der Waals surface area (Å²) in [5.41, 5.74) is 3.19. The molecule has 3 atom stereocenters. The van der Waals surface area contributed by atoms with Crippen molar-refractivity contribution in [3.05, 3.63) is 57.8 Å². The highest BCUT2D eigenvalue weighted by Crippen LogP contribution is 2.35. The van der Waals surface area contributed by atoms with Gasteiger partial charge >= 0.3 is 0 Å². The van der Waals surface area contributed by atoms with Crippen LogP contribution in [0.1, 0.15) is 61.5 Å². The van der Waals surface area contributed by atoms with E-state index in [2.05, 4.69) is 45.5 Å². The standard InChI is InChI=1S/C26H33BrN6O3S/c1-17-11-13-31(15-17)25-18(2)14-23-28-21(16-33(23)29-25)22-10-6-7-12-32(22)26(34)24(30-37(3,35)36)19-8-4-5-9-20(19)27/h4-5,8-9,14,16-17,22,24,30H,6-7,10-13,15H2,1-3H3/t17-,22-,24?/m0/s1. The topological polar surface area (TPSA) is 99.9 Å². The summed E-state index contributed by atoms with van der Waals surface area (Å²) >= 11 is 3.49. The van der Waals surface area contributed by atoms with Gasteiger partial charge in [0.2, 0.25) is 15.9 Å². The second kappa shape index (κ2) is 10.3. The van der Waals surface area contributed by atoms with Crippen LogP contribution in [0.5, 0.6) is 0 Å². The summed E-state index contributed by atoms with van der Waals surface area (Å²) in [6.45, 7) is 6.85. The number of anilines is 1. The molecule has 9 nitrogen and oxygen atoms in total. The van der Waals surface area contributed by atoms with Crippen molar-refractivity contribution in [1.82, 2.24) is 24.2 Å². The fourth-order valence-electron chi connectivity index (χ4n) is 5.46. The highest BCUT2D eigenvalue weighted by molar-refractivity contribution is 9.10. The van der Waals surface area contributed by atoms with Gasteiger partial charge in [0.1, 0.15) is 6.04 Å². The molecule has 1 unspecified atom stereocenters. The number of carbonyl (C=O) groups is 1. The van der Waals surface area contributed by atoms with E-state index in [1.165, 1.54) is 0 Å². The molecule has 1 aromatic carbocycles. The third-order valence-corrected chi connectivity index (χ3v) is 8.67. The molecule has 2 aliphatic heterocycles. The van der Waals surface area contributed by atoms with E-state index in [1.54, 1.807) is 17.0 Å². The molecular formula is C26H33BrN6O3S. The van der Waals surface area contributed by atoms with E-state index >= 15 is 0 Å². The molecule has 198 valence electrons.